The Morgan fingerprint density at radius 3 is 1.85 bits per heavy atom. The molecule has 0 fully saturated rings. The van der Waals surface area contributed by atoms with Crippen molar-refractivity contribution in [3.63, 3.8) is 0 Å². The summed E-state index contributed by atoms with van der Waals surface area (Å²) in [5, 5.41) is 18.6. The normalized spacial score (nSPS) is 23.6. The Labute approximate surface area is 199 Å². The number of hydrogen-bond acceptors (Lipinski definition) is 9. The molecule has 4 heterocycles. The van der Waals surface area contributed by atoms with Crippen LogP contribution in [0.3, 0.4) is 0 Å². The molecule has 12 heteroatoms. The number of imidazole rings is 2. The van der Waals surface area contributed by atoms with Gasteiger partial charge in [-0.05, 0) is 12.8 Å². The molecule has 0 amide bonds. The van der Waals surface area contributed by atoms with Gasteiger partial charge in [0.2, 0.25) is 0 Å². The number of aliphatic hydroxyl groups excluding tert-OH is 2. The number of nitrogens with zero attached hydrogens (tertiary/aromatic N) is 8. The van der Waals surface area contributed by atoms with Crippen LogP contribution < -0.4 is 5.73 Å². The lowest BCUT2D eigenvalue weighted by Crippen LogP contribution is -2.08. The smallest absolute Gasteiger partial charge is 0.165 e. The fourth-order valence-electron chi connectivity index (χ4n) is 4.37. The standard InChI is InChI=1S/C11H11ClN4O.C11H13N5O/c2*12-10-9-11(14-5-13-10)16(6-15-9)8-2-1-7(3-8)4-17/h1-2,5-8,17H,3-4H2;1-2,5-8,17H,3-4H2,(H2,12,13,14)/t2*7-,8+/m00/s1. The van der Waals surface area contributed by atoms with E-state index in [1.54, 1.807) is 12.7 Å². The number of halogens is 1. The van der Waals surface area contributed by atoms with Crippen LogP contribution >= 0.6 is 11.6 Å². The van der Waals surface area contributed by atoms with Crippen molar-refractivity contribution < 1.29 is 10.2 Å². The Bertz CT molecular complexity index is 1260. The molecule has 0 aliphatic heterocycles. The van der Waals surface area contributed by atoms with Gasteiger partial charge >= 0.3 is 0 Å². The van der Waals surface area contributed by atoms with Gasteiger partial charge in [0.1, 0.15) is 23.7 Å². The minimum Gasteiger partial charge on any atom is -0.396 e. The van der Waals surface area contributed by atoms with Crippen molar-refractivity contribution in [2.75, 3.05) is 18.9 Å². The maximum atomic E-state index is 9.12. The van der Waals surface area contributed by atoms with E-state index >= 15 is 0 Å². The van der Waals surface area contributed by atoms with Crippen LogP contribution in [0.2, 0.25) is 5.15 Å². The Morgan fingerprint density at radius 2 is 1.29 bits per heavy atom. The van der Waals surface area contributed by atoms with Gasteiger partial charge in [0.05, 0.1) is 24.7 Å². The van der Waals surface area contributed by atoms with Crippen molar-refractivity contribution in [2.45, 2.75) is 24.9 Å². The summed E-state index contributed by atoms with van der Waals surface area (Å²) in [6, 6.07) is 0.370. The van der Waals surface area contributed by atoms with Crippen molar-refractivity contribution in [1.29, 1.82) is 0 Å². The Balaban J connectivity index is 0.000000142. The third-order valence-corrected chi connectivity index (χ3v) is 6.46. The number of anilines is 1. The lowest BCUT2D eigenvalue weighted by Gasteiger charge is -2.12. The summed E-state index contributed by atoms with van der Waals surface area (Å²) >= 11 is 5.95. The molecule has 0 spiro atoms. The summed E-state index contributed by atoms with van der Waals surface area (Å²) in [6.45, 7) is 0.353. The lowest BCUT2D eigenvalue weighted by molar-refractivity contribution is 0.244. The predicted molar refractivity (Wildman–Crippen MR) is 127 cm³/mol. The van der Waals surface area contributed by atoms with E-state index < -0.39 is 0 Å². The molecular weight excluding hydrogens is 458 g/mol. The van der Waals surface area contributed by atoms with Crippen LogP contribution in [0.25, 0.3) is 22.3 Å². The molecule has 176 valence electrons. The maximum Gasteiger partial charge on any atom is 0.165 e. The zero-order chi connectivity index (χ0) is 23.7. The van der Waals surface area contributed by atoms with Gasteiger partial charge in [-0.15, -0.1) is 0 Å². The van der Waals surface area contributed by atoms with E-state index in [0.717, 1.165) is 24.1 Å². The van der Waals surface area contributed by atoms with Gasteiger partial charge in [-0.2, -0.15) is 0 Å². The minimum atomic E-state index is 0.176. The largest absolute Gasteiger partial charge is 0.396 e. The van der Waals surface area contributed by atoms with Crippen LogP contribution in [-0.2, 0) is 0 Å². The summed E-state index contributed by atoms with van der Waals surface area (Å²) in [7, 11) is 0. The minimum absolute atomic E-state index is 0.176. The van der Waals surface area contributed by atoms with Crippen molar-refractivity contribution >= 4 is 39.7 Å². The van der Waals surface area contributed by atoms with Crippen molar-refractivity contribution in [1.82, 2.24) is 39.0 Å². The van der Waals surface area contributed by atoms with Crippen LogP contribution in [0.5, 0.6) is 0 Å². The second-order valence-corrected chi connectivity index (χ2v) is 8.69. The van der Waals surface area contributed by atoms with Gasteiger partial charge in [0.25, 0.3) is 0 Å². The SMILES string of the molecule is Nc1ncnc2c1ncn2[C@@H]1C=C[C@H](CO)C1.OC[C@H]1C=C[C@@H](n2cnc3c(Cl)ncnc32)C1. The Kier molecular flexibility index (Phi) is 6.22. The zero-order valence-electron chi connectivity index (χ0n) is 18.2. The van der Waals surface area contributed by atoms with E-state index in [4.69, 9.17) is 27.5 Å². The van der Waals surface area contributed by atoms with Crippen molar-refractivity contribution in [3.8, 4) is 0 Å². The second kappa shape index (κ2) is 9.45. The third-order valence-electron chi connectivity index (χ3n) is 6.18. The predicted octanol–water partition coefficient (Wildman–Crippen LogP) is 2.11. The monoisotopic (exact) mass is 481 g/mol. The summed E-state index contributed by atoms with van der Waals surface area (Å²) in [5.41, 5.74) is 8.47. The van der Waals surface area contributed by atoms with Gasteiger partial charge in [0, 0.05) is 25.0 Å². The molecule has 0 aromatic carbocycles. The molecule has 2 aliphatic rings. The van der Waals surface area contributed by atoms with E-state index in [1.807, 2.05) is 21.3 Å². The van der Waals surface area contributed by atoms with Crippen molar-refractivity contribution in [3.05, 3.63) is 54.8 Å². The Morgan fingerprint density at radius 1 is 0.765 bits per heavy atom. The molecule has 0 bridgehead atoms. The van der Waals surface area contributed by atoms with Crippen molar-refractivity contribution in [2.24, 2.45) is 11.8 Å². The van der Waals surface area contributed by atoms with Gasteiger partial charge in [0.15, 0.2) is 22.3 Å². The van der Waals surface area contributed by atoms with Gasteiger partial charge in [-0.3, -0.25) is 0 Å². The Hall–Kier alpha value is -3.41. The zero-order valence-corrected chi connectivity index (χ0v) is 18.9. The maximum absolute atomic E-state index is 9.12. The van der Waals surface area contributed by atoms with E-state index in [1.165, 1.54) is 12.7 Å². The molecule has 4 N–H and O–H groups in total. The number of rotatable bonds is 4. The van der Waals surface area contributed by atoms with E-state index in [9.17, 15) is 0 Å². The number of allylic oxidation sites excluding steroid dienone is 2. The third kappa shape index (κ3) is 4.13. The first-order valence-corrected chi connectivity index (χ1v) is 11.3. The number of hydrogen-bond donors (Lipinski definition) is 3. The quantitative estimate of drug-likeness (QED) is 0.293. The summed E-state index contributed by atoms with van der Waals surface area (Å²) in [4.78, 5) is 24.7. The van der Waals surface area contributed by atoms with E-state index in [-0.39, 0.29) is 37.1 Å². The highest BCUT2D eigenvalue weighted by atomic mass is 35.5. The number of aromatic nitrogens is 8. The molecule has 4 aromatic heterocycles. The summed E-state index contributed by atoms with van der Waals surface area (Å²) in [5.74, 6) is 0.834. The lowest BCUT2D eigenvalue weighted by atomic mass is 10.1. The van der Waals surface area contributed by atoms with Crippen LogP contribution in [0.15, 0.2) is 49.6 Å². The highest BCUT2D eigenvalue weighted by Crippen LogP contribution is 2.31. The van der Waals surface area contributed by atoms with Gasteiger partial charge < -0.3 is 25.1 Å². The first kappa shape index (κ1) is 22.4. The molecule has 0 saturated heterocycles. The molecule has 6 rings (SSSR count). The fraction of sp³-hybridized carbons (Fsp3) is 0.364. The number of fused-ring (bicyclic) bond motifs is 2. The number of aliphatic hydroxyl groups is 2. The average molecular weight is 482 g/mol. The first-order valence-electron chi connectivity index (χ1n) is 10.9. The molecular formula is C22H24ClN9O2. The van der Waals surface area contributed by atoms with Crippen LogP contribution in [0, 0.1) is 11.8 Å². The molecule has 34 heavy (non-hydrogen) atoms. The number of nitrogen functional groups attached to an aromatic ring is 1. The fourth-order valence-corrected chi connectivity index (χ4v) is 4.54. The van der Waals surface area contributed by atoms with Gasteiger partial charge in [-0.25, -0.2) is 29.9 Å². The topological polar surface area (TPSA) is 154 Å². The molecule has 4 atom stereocenters. The van der Waals surface area contributed by atoms with E-state index in [2.05, 4.69) is 42.1 Å². The van der Waals surface area contributed by atoms with Crippen LogP contribution in [-0.4, -0.2) is 62.5 Å². The van der Waals surface area contributed by atoms with Gasteiger partial charge in [-0.1, -0.05) is 35.9 Å². The van der Waals surface area contributed by atoms with E-state index in [0.29, 0.717) is 22.0 Å². The molecule has 2 aliphatic carbocycles. The molecule has 0 unspecified atom stereocenters. The average Bonchev–Trinajstić information content (AvgIpc) is 3.64. The summed E-state index contributed by atoms with van der Waals surface area (Å²) < 4.78 is 3.94. The first-order chi connectivity index (χ1) is 16.6. The highest BCUT2D eigenvalue weighted by Gasteiger charge is 2.23. The molecule has 4 aromatic rings. The highest BCUT2D eigenvalue weighted by molar-refractivity contribution is 6.33. The van der Waals surface area contributed by atoms with Crippen LogP contribution in [0.1, 0.15) is 24.9 Å². The summed E-state index contributed by atoms with van der Waals surface area (Å²) in [6.07, 6.45) is 16.3. The molecule has 0 saturated carbocycles. The molecule has 0 radical (unpaired) electrons. The second-order valence-electron chi connectivity index (χ2n) is 8.33. The van der Waals surface area contributed by atoms with Crippen LogP contribution in [0.4, 0.5) is 5.82 Å². The number of nitrogens with two attached hydrogens (primary N) is 1. The molecule has 11 nitrogen and oxygen atoms in total.